The molecule has 3 nitrogen and oxygen atoms in total. The first-order valence-electron chi connectivity index (χ1n) is 22.2. The minimum Gasteiger partial charge on any atom is -0.455 e. The molecular formula is C61H42N2O. The summed E-state index contributed by atoms with van der Waals surface area (Å²) in [4.78, 5) is 2.44. The van der Waals surface area contributed by atoms with Gasteiger partial charge in [-0.1, -0.05) is 166 Å². The molecule has 13 rings (SSSR count). The SMILES string of the molecule is CC1(C)c2ccccc2-c2c(N(c3ccc(-c4cccc(-n5c6ccccc6c6ccccc65)c4)cc3)c3ccc(-c4cccc5oc6c7ccccc7ccc6c45)cc3)cccc21. The lowest BCUT2D eigenvalue weighted by Gasteiger charge is -2.29. The lowest BCUT2D eigenvalue weighted by Crippen LogP contribution is -2.16. The smallest absolute Gasteiger partial charge is 0.143 e. The van der Waals surface area contributed by atoms with Crippen LogP contribution >= 0.6 is 0 Å². The Morgan fingerprint density at radius 3 is 1.81 bits per heavy atom. The van der Waals surface area contributed by atoms with E-state index in [1.54, 1.807) is 0 Å². The lowest BCUT2D eigenvalue weighted by atomic mass is 9.82. The van der Waals surface area contributed by atoms with Crippen molar-refractivity contribution < 1.29 is 4.42 Å². The number of rotatable bonds is 6. The maximum atomic E-state index is 6.59. The Balaban J connectivity index is 0.938. The van der Waals surface area contributed by atoms with Crippen LogP contribution in [-0.2, 0) is 5.41 Å². The average molecular weight is 819 g/mol. The van der Waals surface area contributed by atoms with Crippen molar-refractivity contribution in [2.75, 3.05) is 4.90 Å². The minimum atomic E-state index is -0.125. The van der Waals surface area contributed by atoms with Crippen LogP contribution in [0, 0.1) is 0 Å². The molecule has 0 spiro atoms. The predicted molar refractivity (Wildman–Crippen MR) is 269 cm³/mol. The Morgan fingerprint density at radius 1 is 0.438 bits per heavy atom. The van der Waals surface area contributed by atoms with Crippen LogP contribution in [0.5, 0.6) is 0 Å². The van der Waals surface area contributed by atoms with Gasteiger partial charge in [0.05, 0.1) is 16.7 Å². The van der Waals surface area contributed by atoms with Gasteiger partial charge >= 0.3 is 0 Å². The molecule has 64 heavy (non-hydrogen) atoms. The van der Waals surface area contributed by atoms with Crippen LogP contribution in [0.1, 0.15) is 25.0 Å². The number of aromatic nitrogens is 1. The third-order valence-electron chi connectivity index (χ3n) is 13.8. The highest BCUT2D eigenvalue weighted by molar-refractivity contribution is 6.19. The molecule has 0 N–H and O–H groups in total. The molecule has 0 bridgehead atoms. The van der Waals surface area contributed by atoms with E-state index in [4.69, 9.17) is 4.42 Å². The highest BCUT2D eigenvalue weighted by Gasteiger charge is 2.37. The van der Waals surface area contributed by atoms with Crippen molar-refractivity contribution in [1.82, 2.24) is 4.57 Å². The predicted octanol–water partition coefficient (Wildman–Crippen LogP) is 16.9. The van der Waals surface area contributed by atoms with Gasteiger partial charge in [0.25, 0.3) is 0 Å². The normalized spacial score (nSPS) is 13.0. The van der Waals surface area contributed by atoms with E-state index in [1.165, 1.54) is 66.3 Å². The lowest BCUT2D eigenvalue weighted by molar-refractivity contribution is 0.660. The van der Waals surface area contributed by atoms with Gasteiger partial charge in [-0.3, -0.25) is 0 Å². The summed E-state index contributed by atoms with van der Waals surface area (Å²) in [6.45, 7) is 4.71. The molecule has 0 radical (unpaired) electrons. The third-order valence-corrected chi connectivity index (χ3v) is 13.8. The first kappa shape index (κ1) is 36.5. The fourth-order valence-electron chi connectivity index (χ4n) is 10.8. The molecule has 10 aromatic carbocycles. The summed E-state index contributed by atoms with van der Waals surface area (Å²) in [6.07, 6.45) is 0. The van der Waals surface area contributed by atoms with Crippen LogP contribution in [-0.4, -0.2) is 4.57 Å². The van der Waals surface area contributed by atoms with Crippen LogP contribution in [0.4, 0.5) is 17.1 Å². The number of nitrogens with zero attached hydrogens (tertiary/aromatic N) is 2. The van der Waals surface area contributed by atoms with E-state index in [-0.39, 0.29) is 5.41 Å². The summed E-state index contributed by atoms with van der Waals surface area (Å²) in [6, 6.07) is 79.6. The van der Waals surface area contributed by atoms with Crippen molar-refractivity contribution in [2.24, 2.45) is 0 Å². The van der Waals surface area contributed by atoms with Crippen molar-refractivity contribution >= 4 is 71.6 Å². The molecule has 0 unspecified atom stereocenters. The molecule has 1 aliphatic rings. The van der Waals surface area contributed by atoms with E-state index >= 15 is 0 Å². The molecule has 2 heterocycles. The molecule has 0 saturated carbocycles. The number of benzene rings is 10. The minimum absolute atomic E-state index is 0.125. The Hall–Kier alpha value is -8.14. The first-order valence-corrected chi connectivity index (χ1v) is 22.2. The summed E-state index contributed by atoms with van der Waals surface area (Å²) in [5, 5.41) is 7.12. The van der Waals surface area contributed by atoms with Gasteiger partial charge in [0.2, 0.25) is 0 Å². The van der Waals surface area contributed by atoms with Crippen molar-refractivity contribution in [2.45, 2.75) is 19.3 Å². The second-order valence-electron chi connectivity index (χ2n) is 17.7. The van der Waals surface area contributed by atoms with Gasteiger partial charge in [-0.2, -0.15) is 0 Å². The van der Waals surface area contributed by atoms with Crippen LogP contribution < -0.4 is 4.90 Å². The van der Waals surface area contributed by atoms with E-state index in [9.17, 15) is 0 Å². The number of hydrogen-bond acceptors (Lipinski definition) is 2. The Labute approximate surface area is 371 Å². The number of para-hydroxylation sites is 2. The average Bonchev–Trinajstić information content (AvgIpc) is 3.98. The summed E-state index contributed by atoms with van der Waals surface area (Å²) in [7, 11) is 0. The van der Waals surface area contributed by atoms with Crippen LogP contribution in [0.15, 0.2) is 223 Å². The molecule has 0 amide bonds. The molecule has 3 heteroatoms. The zero-order valence-corrected chi connectivity index (χ0v) is 35.6. The highest BCUT2D eigenvalue weighted by atomic mass is 16.3. The quantitative estimate of drug-likeness (QED) is 0.167. The molecule has 0 aliphatic heterocycles. The number of furan rings is 1. The van der Waals surface area contributed by atoms with Gasteiger partial charge in [-0.05, 0) is 111 Å². The van der Waals surface area contributed by atoms with Crippen molar-refractivity contribution in [1.29, 1.82) is 0 Å². The first-order chi connectivity index (χ1) is 31.5. The van der Waals surface area contributed by atoms with Crippen molar-refractivity contribution in [3.05, 3.63) is 230 Å². The molecule has 1 aliphatic carbocycles. The van der Waals surface area contributed by atoms with Gasteiger partial charge in [0, 0.05) is 55.0 Å². The largest absolute Gasteiger partial charge is 0.455 e. The summed E-state index contributed by atoms with van der Waals surface area (Å²) >= 11 is 0. The van der Waals surface area contributed by atoms with E-state index in [1.807, 2.05) is 0 Å². The fraction of sp³-hybridized carbons (Fsp3) is 0.0492. The second kappa shape index (κ2) is 13.9. The third kappa shape index (κ3) is 5.41. The molecule has 0 saturated heterocycles. The Kier molecular flexibility index (Phi) is 7.95. The number of hydrogen-bond donors (Lipinski definition) is 0. The maximum absolute atomic E-state index is 6.59. The molecule has 0 fully saturated rings. The fourth-order valence-corrected chi connectivity index (χ4v) is 10.8. The van der Waals surface area contributed by atoms with Gasteiger partial charge < -0.3 is 13.9 Å². The highest BCUT2D eigenvalue weighted by Crippen LogP contribution is 2.54. The molecule has 2 aromatic heterocycles. The van der Waals surface area contributed by atoms with Gasteiger partial charge in [-0.25, -0.2) is 0 Å². The van der Waals surface area contributed by atoms with Gasteiger partial charge in [-0.15, -0.1) is 0 Å². The van der Waals surface area contributed by atoms with Crippen LogP contribution in [0.2, 0.25) is 0 Å². The topological polar surface area (TPSA) is 21.3 Å². The van der Waals surface area contributed by atoms with Crippen LogP contribution in [0.3, 0.4) is 0 Å². The second-order valence-corrected chi connectivity index (χ2v) is 17.7. The van der Waals surface area contributed by atoms with E-state index in [2.05, 4.69) is 242 Å². The summed E-state index contributed by atoms with van der Waals surface area (Å²) in [5.41, 5.74) is 18.6. The van der Waals surface area contributed by atoms with E-state index in [0.717, 1.165) is 55.5 Å². The summed E-state index contributed by atoms with van der Waals surface area (Å²) < 4.78 is 8.97. The van der Waals surface area contributed by atoms with Gasteiger partial charge in [0.15, 0.2) is 0 Å². The standard InChI is InChI=1S/C61H42N2O/c1-61(2)52-22-8-5-20-50(52)59-53(61)23-13-26-56(59)62(44-35-30-41(31-36-44)46-21-12-27-57-58(46)51-37-32-40-14-3-4-17-47(40)60(51)64-57)43-33-28-39(29-34-43)42-15-11-16-45(38-42)63-54-24-9-6-18-48(54)49-19-7-10-25-55(49)63/h3-38H,1-2H3. The van der Waals surface area contributed by atoms with E-state index in [0.29, 0.717) is 0 Å². The number of anilines is 3. The van der Waals surface area contributed by atoms with Crippen molar-refractivity contribution in [3.63, 3.8) is 0 Å². The molecular weight excluding hydrogens is 777 g/mol. The zero-order chi connectivity index (χ0) is 42.5. The Morgan fingerprint density at radius 2 is 1.05 bits per heavy atom. The monoisotopic (exact) mass is 818 g/mol. The maximum Gasteiger partial charge on any atom is 0.143 e. The molecule has 0 atom stereocenters. The van der Waals surface area contributed by atoms with Gasteiger partial charge in [0.1, 0.15) is 11.2 Å². The molecule has 302 valence electrons. The summed E-state index contributed by atoms with van der Waals surface area (Å²) in [5.74, 6) is 0. The Bertz CT molecular complexity index is 3760. The zero-order valence-electron chi connectivity index (χ0n) is 35.6. The molecule has 12 aromatic rings. The van der Waals surface area contributed by atoms with Crippen LogP contribution in [0.25, 0.3) is 93.6 Å². The van der Waals surface area contributed by atoms with E-state index < -0.39 is 0 Å². The number of fused-ring (bicyclic) bond motifs is 11. The van der Waals surface area contributed by atoms with Crippen molar-refractivity contribution in [3.8, 4) is 39.1 Å².